The first-order valence-electron chi connectivity index (χ1n) is 6.18. The minimum Gasteiger partial charge on any atom is -0.330 e. The second-order valence-corrected chi connectivity index (χ2v) is 5.24. The molecule has 0 radical (unpaired) electrons. The lowest BCUT2D eigenvalue weighted by Gasteiger charge is -2.20. The van der Waals surface area contributed by atoms with Crippen molar-refractivity contribution in [2.24, 2.45) is 0 Å². The molecule has 1 aromatic carbocycles. The van der Waals surface area contributed by atoms with Crippen molar-refractivity contribution in [3.63, 3.8) is 0 Å². The van der Waals surface area contributed by atoms with Crippen LogP contribution in [0, 0.1) is 12.7 Å². The van der Waals surface area contributed by atoms with Crippen molar-refractivity contribution in [3.8, 4) is 0 Å². The molecular weight excluding hydrogens is 275 g/mol. The molecule has 20 heavy (non-hydrogen) atoms. The van der Waals surface area contributed by atoms with Crippen molar-refractivity contribution < 1.29 is 9.18 Å². The van der Waals surface area contributed by atoms with Crippen LogP contribution >= 0.6 is 11.5 Å². The van der Waals surface area contributed by atoms with Gasteiger partial charge >= 0.3 is 0 Å². The molecule has 1 heterocycles. The Hall–Kier alpha value is -2.01. The van der Waals surface area contributed by atoms with Gasteiger partial charge in [-0.05, 0) is 42.2 Å². The zero-order chi connectivity index (χ0) is 14.5. The molecule has 104 valence electrons. The van der Waals surface area contributed by atoms with E-state index >= 15 is 0 Å². The zero-order valence-corrected chi connectivity index (χ0v) is 12.0. The number of carbonyl (C=O) groups excluding carboxylic acids is 1. The van der Waals surface area contributed by atoms with Crippen LogP contribution in [0.25, 0.3) is 0 Å². The number of carbonyl (C=O) groups is 1. The molecule has 5 heteroatoms. The molecule has 0 spiro atoms. The van der Waals surface area contributed by atoms with Gasteiger partial charge in [0.15, 0.2) is 0 Å². The molecule has 2 aromatic rings. The highest BCUT2D eigenvalue weighted by Crippen LogP contribution is 2.15. The quantitative estimate of drug-likeness (QED) is 0.791. The molecule has 0 N–H and O–H groups in total. The van der Waals surface area contributed by atoms with Gasteiger partial charge in [0.25, 0.3) is 5.91 Å². The topological polar surface area (TPSA) is 33.2 Å². The molecule has 2 rings (SSSR count). The average Bonchev–Trinajstić information content (AvgIpc) is 2.84. The highest BCUT2D eigenvalue weighted by molar-refractivity contribution is 7.08. The third kappa shape index (κ3) is 3.51. The second kappa shape index (κ2) is 6.43. The Balaban J connectivity index is 2.18. The van der Waals surface area contributed by atoms with Gasteiger partial charge < -0.3 is 4.90 Å². The number of aromatic nitrogens is 1. The van der Waals surface area contributed by atoms with Crippen LogP contribution in [0.4, 0.5) is 4.39 Å². The third-order valence-electron chi connectivity index (χ3n) is 2.74. The van der Waals surface area contributed by atoms with E-state index in [9.17, 15) is 9.18 Å². The smallest absolute Gasteiger partial charge is 0.266 e. The summed E-state index contributed by atoms with van der Waals surface area (Å²) >= 11 is 1.18. The van der Waals surface area contributed by atoms with E-state index in [1.807, 2.05) is 6.92 Å². The molecule has 1 aromatic heterocycles. The molecule has 3 nitrogen and oxygen atoms in total. The predicted octanol–water partition coefficient (Wildman–Crippen LogP) is 3.42. The van der Waals surface area contributed by atoms with Gasteiger partial charge in [0.2, 0.25) is 0 Å². The standard InChI is InChI=1S/C15H15FN2OS/c1-3-7-18(10-12-5-4-6-13(16)9-12)15(19)14-8-11(2)17-20-14/h3-6,8-9H,1,7,10H2,2H3. The normalized spacial score (nSPS) is 10.3. The molecule has 0 fully saturated rings. The summed E-state index contributed by atoms with van der Waals surface area (Å²) in [7, 11) is 0. The van der Waals surface area contributed by atoms with Crippen LogP contribution in [-0.2, 0) is 6.54 Å². The fraction of sp³-hybridized carbons (Fsp3) is 0.200. The summed E-state index contributed by atoms with van der Waals surface area (Å²) in [6.45, 7) is 6.26. The van der Waals surface area contributed by atoms with Gasteiger partial charge in [-0.1, -0.05) is 18.2 Å². The Morgan fingerprint density at radius 3 is 2.90 bits per heavy atom. The van der Waals surface area contributed by atoms with Crippen LogP contribution in [0.15, 0.2) is 43.0 Å². The number of hydrogen-bond donors (Lipinski definition) is 0. The summed E-state index contributed by atoms with van der Waals surface area (Å²) in [5, 5.41) is 0. The molecule has 0 unspecified atom stereocenters. The van der Waals surface area contributed by atoms with E-state index in [1.54, 1.807) is 29.2 Å². The first kappa shape index (κ1) is 14.4. The maximum absolute atomic E-state index is 13.2. The maximum Gasteiger partial charge on any atom is 0.266 e. The van der Waals surface area contributed by atoms with Gasteiger partial charge in [0.05, 0.1) is 5.69 Å². The summed E-state index contributed by atoms with van der Waals surface area (Å²) in [5.41, 5.74) is 1.57. The Labute approximate surface area is 121 Å². The van der Waals surface area contributed by atoms with Crippen molar-refractivity contribution in [1.29, 1.82) is 0 Å². The SMILES string of the molecule is C=CCN(Cc1cccc(F)c1)C(=O)c1cc(C)ns1. The van der Waals surface area contributed by atoms with E-state index in [2.05, 4.69) is 11.0 Å². The molecule has 0 aliphatic heterocycles. The monoisotopic (exact) mass is 290 g/mol. The number of hydrogen-bond acceptors (Lipinski definition) is 3. The first-order valence-corrected chi connectivity index (χ1v) is 6.95. The van der Waals surface area contributed by atoms with Gasteiger partial charge in [-0.25, -0.2) is 4.39 Å². The molecule has 0 bridgehead atoms. The zero-order valence-electron chi connectivity index (χ0n) is 11.2. The van der Waals surface area contributed by atoms with Crippen LogP contribution < -0.4 is 0 Å². The number of nitrogens with zero attached hydrogens (tertiary/aromatic N) is 2. The minimum atomic E-state index is -0.304. The maximum atomic E-state index is 13.2. The predicted molar refractivity (Wildman–Crippen MR) is 78.2 cm³/mol. The molecule has 1 amide bonds. The minimum absolute atomic E-state index is 0.111. The fourth-order valence-electron chi connectivity index (χ4n) is 1.85. The van der Waals surface area contributed by atoms with Crippen molar-refractivity contribution in [2.45, 2.75) is 13.5 Å². The molecule has 0 saturated heterocycles. The number of aryl methyl sites for hydroxylation is 1. The lowest BCUT2D eigenvalue weighted by molar-refractivity contribution is 0.0767. The molecule has 0 aliphatic rings. The summed E-state index contributed by atoms with van der Waals surface area (Å²) < 4.78 is 17.3. The molecular formula is C15H15FN2OS. The van der Waals surface area contributed by atoms with E-state index in [0.29, 0.717) is 18.0 Å². The number of benzene rings is 1. The van der Waals surface area contributed by atoms with Crippen molar-refractivity contribution in [2.75, 3.05) is 6.54 Å². The number of amides is 1. The summed E-state index contributed by atoms with van der Waals surface area (Å²) in [6.07, 6.45) is 1.66. The van der Waals surface area contributed by atoms with Crippen molar-refractivity contribution in [1.82, 2.24) is 9.27 Å². The molecule has 0 saturated carbocycles. The summed E-state index contributed by atoms with van der Waals surface area (Å²) in [5.74, 6) is -0.415. The van der Waals surface area contributed by atoms with Gasteiger partial charge in [0, 0.05) is 13.1 Å². The van der Waals surface area contributed by atoms with Crippen molar-refractivity contribution in [3.05, 3.63) is 64.9 Å². The van der Waals surface area contributed by atoms with E-state index < -0.39 is 0 Å². The van der Waals surface area contributed by atoms with Crippen LogP contribution in [-0.4, -0.2) is 21.7 Å². The Morgan fingerprint density at radius 1 is 1.50 bits per heavy atom. The number of halogens is 1. The Bertz CT molecular complexity index is 624. The van der Waals surface area contributed by atoms with E-state index in [-0.39, 0.29) is 11.7 Å². The number of rotatable bonds is 5. The Morgan fingerprint density at radius 2 is 2.30 bits per heavy atom. The van der Waals surface area contributed by atoms with Gasteiger partial charge in [-0.3, -0.25) is 4.79 Å². The van der Waals surface area contributed by atoms with E-state index in [1.165, 1.54) is 23.7 Å². The van der Waals surface area contributed by atoms with E-state index in [4.69, 9.17) is 0 Å². The first-order chi connectivity index (χ1) is 9.60. The molecule has 0 aliphatic carbocycles. The van der Waals surface area contributed by atoms with Gasteiger partial charge in [-0.2, -0.15) is 4.37 Å². The average molecular weight is 290 g/mol. The Kier molecular flexibility index (Phi) is 4.63. The van der Waals surface area contributed by atoms with Crippen LogP contribution in [0.5, 0.6) is 0 Å². The highest BCUT2D eigenvalue weighted by atomic mass is 32.1. The van der Waals surface area contributed by atoms with Crippen molar-refractivity contribution >= 4 is 17.4 Å². The van der Waals surface area contributed by atoms with Gasteiger partial charge in [-0.15, -0.1) is 6.58 Å². The van der Waals surface area contributed by atoms with E-state index in [0.717, 1.165) is 11.3 Å². The molecule has 0 atom stereocenters. The lowest BCUT2D eigenvalue weighted by Crippen LogP contribution is -2.30. The summed E-state index contributed by atoms with van der Waals surface area (Å²) in [6, 6.07) is 8.01. The summed E-state index contributed by atoms with van der Waals surface area (Å²) in [4.78, 5) is 14.6. The van der Waals surface area contributed by atoms with Crippen LogP contribution in [0.2, 0.25) is 0 Å². The second-order valence-electron chi connectivity index (χ2n) is 4.44. The third-order valence-corrected chi connectivity index (χ3v) is 3.61. The fourth-order valence-corrected chi connectivity index (χ4v) is 2.58. The largest absolute Gasteiger partial charge is 0.330 e. The highest BCUT2D eigenvalue weighted by Gasteiger charge is 2.17. The lowest BCUT2D eigenvalue weighted by atomic mass is 10.2. The van der Waals surface area contributed by atoms with Crippen LogP contribution in [0.3, 0.4) is 0 Å². The van der Waals surface area contributed by atoms with Gasteiger partial charge in [0.1, 0.15) is 10.7 Å². The van der Waals surface area contributed by atoms with Crippen LogP contribution in [0.1, 0.15) is 20.9 Å².